The van der Waals surface area contributed by atoms with Crippen LogP contribution in [0, 0.1) is 6.92 Å². The molecule has 0 spiro atoms. The molecular formula is C21H40IN7O. The van der Waals surface area contributed by atoms with Crippen LogP contribution in [-0.2, 0) is 18.3 Å². The molecule has 1 aromatic rings. The highest BCUT2D eigenvalue weighted by Crippen LogP contribution is 2.25. The molecule has 2 aliphatic rings. The number of guanidine groups is 1. The molecule has 2 N–H and O–H groups in total. The van der Waals surface area contributed by atoms with E-state index in [1.807, 2.05) is 18.5 Å². The lowest BCUT2D eigenvalue weighted by Crippen LogP contribution is -2.53. The van der Waals surface area contributed by atoms with Crippen LogP contribution in [0.4, 0.5) is 0 Å². The van der Waals surface area contributed by atoms with Gasteiger partial charge in [0.1, 0.15) is 12.4 Å². The molecule has 0 aromatic carbocycles. The number of rotatable bonds is 8. The fourth-order valence-electron chi connectivity index (χ4n) is 4.41. The average molecular weight is 534 g/mol. The van der Waals surface area contributed by atoms with Gasteiger partial charge < -0.3 is 19.9 Å². The van der Waals surface area contributed by atoms with Crippen molar-refractivity contribution in [2.75, 3.05) is 33.4 Å². The molecule has 1 saturated heterocycles. The van der Waals surface area contributed by atoms with Crippen LogP contribution in [0.1, 0.15) is 63.0 Å². The van der Waals surface area contributed by atoms with Gasteiger partial charge >= 0.3 is 0 Å². The molecule has 30 heavy (non-hydrogen) atoms. The standard InChI is InChI=1S/C21H39N7O.HI/c1-17-25-26-20(27(17)2)15-23-21(22-12-8-14-29-3)24-18-9-7-13-28(16-18)19-10-5-4-6-11-19;/h18-19H,4-16H2,1-3H3,(H2,22,23,24);1H. The summed E-state index contributed by atoms with van der Waals surface area (Å²) in [4.78, 5) is 7.53. The highest BCUT2D eigenvalue weighted by molar-refractivity contribution is 14.0. The number of piperidine rings is 1. The van der Waals surface area contributed by atoms with Gasteiger partial charge in [0.2, 0.25) is 0 Å². The first-order chi connectivity index (χ1) is 14.2. The smallest absolute Gasteiger partial charge is 0.191 e. The van der Waals surface area contributed by atoms with Crippen LogP contribution in [0.25, 0.3) is 0 Å². The SMILES string of the molecule is COCCCNC(=NCc1nnc(C)n1C)NC1CCCN(C2CCCCC2)C1.I. The quantitative estimate of drug-likeness (QED) is 0.232. The molecule has 1 unspecified atom stereocenters. The lowest BCUT2D eigenvalue weighted by atomic mass is 9.92. The Bertz CT molecular complexity index is 645. The summed E-state index contributed by atoms with van der Waals surface area (Å²) in [5, 5.41) is 15.5. The van der Waals surface area contributed by atoms with Crippen molar-refractivity contribution in [2.45, 2.75) is 76.9 Å². The van der Waals surface area contributed by atoms with Crippen LogP contribution in [-0.4, -0.2) is 71.1 Å². The Morgan fingerprint density at radius 3 is 2.67 bits per heavy atom. The number of likely N-dealkylation sites (tertiary alicyclic amines) is 1. The summed E-state index contributed by atoms with van der Waals surface area (Å²) in [5.41, 5.74) is 0. The fraction of sp³-hybridized carbons (Fsp3) is 0.857. The lowest BCUT2D eigenvalue weighted by Gasteiger charge is -2.40. The molecule has 1 aromatic heterocycles. The normalized spacial score (nSPS) is 21.3. The third kappa shape index (κ3) is 7.64. The Morgan fingerprint density at radius 1 is 1.17 bits per heavy atom. The van der Waals surface area contributed by atoms with Crippen molar-refractivity contribution < 1.29 is 4.74 Å². The Labute approximate surface area is 198 Å². The van der Waals surface area contributed by atoms with Crippen molar-refractivity contribution in [3.63, 3.8) is 0 Å². The lowest BCUT2D eigenvalue weighted by molar-refractivity contribution is 0.115. The number of aromatic nitrogens is 3. The topological polar surface area (TPSA) is 79.6 Å². The van der Waals surface area contributed by atoms with Gasteiger partial charge in [-0.1, -0.05) is 19.3 Å². The third-order valence-electron chi connectivity index (χ3n) is 6.26. The van der Waals surface area contributed by atoms with Crippen LogP contribution in [0.5, 0.6) is 0 Å². The Morgan fingerprint density at radius 2 is 1.97 bits per heavy atom. The second-order valence-electron chi connectivity index (χ2n) is 8.43. The predicted molar refractivity (Wildman–Crippen MR) is 131 cm³/mol. The molecule has 0 bridgehead atoms. The second-order valence-corrected chi connectivity index (χ2v) is 8.43. The highest BCUT2D eigenvalue weighted by atomic mass is 127. The Balaban J connectivity index is 0.00000320. The Hall–Kier alpha value is -0.940. The van der Waals surface area contributed by atoms with E-state index >= 15 is 0 Å². The summed E-state index contributed by atoms with van der Waals surface area (Å²) in [7, 11) is 3.73. The monoisotopic (exact) mass is 533 g/mol. The molecule has 172 valence electrons. The summed E-state index contributed by atoms with van der Waals surface area (Å²) in [6, 6.07) is 1.23. The summed E-state index contributed by atoms with van der Waals surface area (Å²) < 4.78 is 7.17. The number of nitrogens with one attached hydrogen (secondary N) is 2. The number of ether oxygens (including phenoxy) is 1. The summed E-state index contributed by atoms with van der Waals surface area (Å²) in [6.07, 6.45) is 10.4. The maximum atomic E-state index is 5.17. The number of halogens is 1. The van der Waals surface area contributed by atoms with Crippen molar-refractivity contribution in [1.29, 1.82) is 0 Å². The molecule has 1 saturated carbocycles. The zero-order chi connectivity index (χ0) is 20.5. The molecule has 1 atom stereocenters. The molecule has 1 aliphatic heterocycles. The van der Waals surface area contributed by atoms with Gasteiger partial charge in [0.25, 0.3) is 0 Å². The maximum absolute atomic E-state index is 5.17. The number of hydrogen-bond acceptors (Lipinski definition) is 5. The number of nitrogens with zero attached hydrogens (tertiary/aromatic N) is 5. The van der Waals surface area contributed by atoms with Gasteiger partial charge in [-0.05, 0) is 45.6 Å². The van der Waals surface area contributed by atoms with Gasteiger partial charge in [0.05, 0.1) is 0 Å². The number of aryl methyl sites for hydroxylation is 1. The van der Waals surface area contributed by atoms with Crippen molar-refractivity contribution in [2.24, 2.45) is 12.0 Å². The molecular weight excluding hydrogens is 493 g/mol. The van der Waals surface area contributed by atoms with Crippen LogP contribution in [0.15, 0.2) is 4.99 Å². The highest BCUT2D eigenvalue weighted by Gasteiger charge is 2.27. The van der Waals surface area contributed by atoms with Gasteiger partial charge in [0, 0.05) is 45.9 Å². The van der Waals surface area contributed by atoms with E-state index in [0.29, 0.717) is 12.6 Å². The van der Waals surface area contributed by atoms with Gasteiger partial charge in [0.15, 0.2) is 11.8 Å². The number of hydrogen-bond donors (Lipinski definition) is 2. The van der Waals surface area contributed by atoms with Crippen LogP contribution < -0.4 is 10.6 Å². The Kier molecular flexibility index (Phi) is 11.4. The van der Waals surface area contributed by atoms with E-state index in [4.69, 9.17) is 9.73 Å². The van der Waals surface area contributed by atoms with Crippen molar-refractivity contribution >= 4 is 29.9 Å². The maximum Gasteiger partial charge on any atom is 0.191 e. The fourth-order valence-corrected chi connectivity index (χ4v) is 4.41. The van der Waals surface area contributed by atoms with E-state index in [-0.39, 0.29) is 24.0 Å². The summed E-state index contributed by atoms with van der Waals surface area (Å²) in [6.45, 7) is 6.44. The molecule has 2 fully saturated rings. The predicted octanol–water partition coefficient (Wildman–Crippen LogP) is 2.61. The minimum atomic E-state index is 0. The van der Waals surface area contributed by atoms with Crippen molar-refractivity contribution in [3.05, 3.63) is 11.6 Å². The van der Waals surface area contributed by atoms with Crippen LogP contribution in [0.3, 0.4) is 0 Å². The first-order valence-electron chi connectivity index (χ1n) is 11.3. The molecule has 0 amide bonds. The minimum Gasteiger partial charge on any atom is -0.385 e. The summed E-state index contributed by atoms with van der Waals surface area (Å²) in [5.74, 6) is 2.67. The van der Waals surface area contributed by atoms with E-state index in [1.54, 1.807) is 7.11 Å². The molecule has 9 heteroatoms. The van der Waals surface area contributed by atoms with Crippen LogP contribution >= 0.6 is 24.0 Å². The third-order valence-corrected chi connectivity index (χ3v) is 6.26. The molecule has 0 radical (unpaired) electrons. The van der Waals surface area contributed by atoms with E-state index in [0.717, 1.165) is 49.8 Å². The zero-order valence-electron chi connectivity index (χ0n) is 18.9. The van der Waals surface area contributed by atoms with Crippen molar-refractivity contribution in [3.8, 4) is 0 Å². The van der Waals surface area contributed by atoms with Gasteiger partial charge in [-0.2, -0.15) is 0 Å². The van der Waals surface area contributed by atoms with Gasteiger partial charge in [-0.3, -0.25) is 4.90 Å². The van der Waals surface area contributed by atoms with Gasteiger partial charge in [-0.25, -0.2) is 4.99 Å². The molecule has 8 nitrogen and oxygen atoms in total. The second kappa shape index (κ2) is 13.5. The molecule has 3 rings (SSSR count). The van der Waals surface area contributed by atoms with E-state index < -0.39 is 0 Å². The first kappa shape index (κ1) is 25.3. The number of methoxy groups -OCH3 is 1. The molecule has 1 aliphatic carbocycles. The first-order valence-corrected chi connectivity index (χ1v) is 11.3. The zero-order valence-corrected chi connectivity index (χ0v) is 21.2. The van der Waals surface area contributed by atoms with Crippen molar-refractivity contribution in [1.82, 2.24) is 30.3 Å². The summed E-state index contributed by atoms with van der Waals surface area (Å²) >= 11 is 0. The molecule has 2 heterocycles. The van der Waals surface area contributed by atoms with E-state index in [1.165, 1.54) is 51.5 Å². The van der Waals surface area contributed by atoms with Gasteiger partial charge in [-0.15, -0.1) is 34.2 Å². The average Bonchev–Trinajstić information content (AvgIpc) is 3.08. The van der Waals surface area contributed by atoms with E-state index in [9.17, 15) is 0 Å². The number of aliphatic imine (C=N–C) groups is 1. The minimum absolute atomic E-state index is 0. The van der Waals surface area contributed by atoms with E-state index in [2.05, 4.69) is 25.7 Å². The van der Waals surface area contributed by atoms with Crippen LogP contribution in [0.2, 0.25) is 0 Å². The largest absolute Gasteiger partial charge is 0.385 e.